The van der Waals surface area contributed by atoms with Crippen LogP contribution < -0.4 is 9.64 Å². The van der Waals surface area contributed by atoms with E-state index in [1.807, 2.05) is 85.9 Å². The Hall–Kier alpha value is -3.07. The minimum Gasteiger partial charge on any atom is -0.497 e. The minimum absolute atomic E-state index is 0.0990. The lowest BCUT2D eigenvalue weighted by Crippen LogP contribution is -2.46. The van der Waals surface area contributed by atoms with Crippen molar-refractivity contribution in [2.45, 2.75) is 5.54 Å². The monoisotopic (exact) mass is 329 g/mol. The number of likely N-dealkylation sites (N-methyl/N-ethyl adjacent to an activating group) is 1. The fourth-order valence-electron chi connectivity index (χ4n) is 3.81. The van der Waals surface area contributed by atoms with E-state index in [1.165, 1.54) is 0 Å². The van der Waals surface area contributed by atoms with Gasteiger partial charge in [0.1, 0.15) is 5.75 Å². The molecule has 0 fully saturated rings. The third-order valence-electron chi connectivity index (χ3n) is 5.04. The van der Waals surface area contributed by atoms with Gasteiger partial charge in [0.25, 0.3) is 0 Å². The summed E-state index contributed by atoms with van der Waals surface area (Å²) >= 11 is 0. The Balaban J connectivity index is 2.00. The summed E-state index contributed by atoms with van der Waals surface area (Å²) in [5, 5.41) is 0. The SMILES string of the molecule is COc1ccc(C2(c3ccccc3)C(=O)c3ccccc3N2C)cc1. The second-order valence-corrected chi connectivity index (χ2v) is 6.21. The van der Waals surface area contributed by atoms with Gasteiger partial charge in [-0.25, -0.2) is 0 Å². The molecule has 0 saturated carbocycles. The van der Waals surface area contributed by atoms with Crippen LogP contribution in [0.1, 0.15) is 21.5 Å². The van der Waals surface area contributed by atoms with Crippen molar-refractivity contribution in [3.8, 4) is 5.75 Å². The number of fused-ring (bicyclic) bond motifs is 1. The molecule has 0 aromatic heterocycles. The van der Waals surface area contributed by atoms with E-state index in [1.54, 1.807) is 7.11 Å². The van der Waals surface area contributed by atoms with Gasteiger partial charge < -0.3 is 9.64 Å². The molecule has 0 radical (unpaired) electrons. The van der Waals surface area contributed by atoms with Gasteiger partial charge in [-0.3, -0.25) is 4.79 Å². The molecule has 0 bridgehead atoms. The van der Waals surface area contributed by atoms with Gasteiger partial charge in [-0.1, -0.05) is 54.6 Å². The van der Waals surface area contributed by atoms with Crippen LogP contribution in [0.15, 0.2) is 78.9 Å². The fourth-order valence-corrected chi connectivity index (χ4v) is 3.81. The van der Waals surface area contributed by atoms with E-state index < -0.39 is 5.54 Å². The summed E-state index contributed by atoms with van der Waals surface area (Å²) in [6.45, 7) is 0. The number of methoxy groups -OCH3 is 1. The third-order valence-corrected chi connectivity index (χ3v) is 5.04. The summed E-state index contributed by atoms with van der Waals surface area (Å²) in [4.78, 5) is 15.7. The standard InChI is InChI=1S/C22H19NO2/c1-23-20-11-7-6-10-19(20)21(24)22(23,16-8-4-3-5-9-16)17-12-14-18(25-2)15-13-17/h3-15H,1-2H3. The van der Waals surface area contributed by atoms with E-state index in [-0.39, 0.29) is 5.78 Å². The maximum atomic E-state index is 13.6. The lowest BCUT2D eigenvalue weighted by molar-refractivity contribution is 0.0928. The smallest absolute Gasteiger partial charge is 0.199 e. The van der Waals surface area contributed by atoms with Gasteiger partial charge in [0.2, 0.25) is 0 Å². The van der Waals surface area contributed by atoms with Crippen molar-refractivity contribution in [3.05, 3.63) is 95.6 Å². The van der Waals surface area contributed by atoms with E-state index in [2.05, 4.69) is 4.90 Å². The van der Waals surface area contributed by atoms with E-state index in [9.17, 15) is 4.79 Å². The highest BCUT2D eigenvalue weighted by molar-refractivity contribution is 6.16. The molecule has 3 aromatic carbocycles. The van der Waals surface area contributed by atoms with Crippen LogP contribution in [0.5, 0.6) is 5.75 Å². The lowest BCUT2D eigenvalue weighted by Gasteiger charge is -2.37. The molecule has 1 heterocycles. The zero-order valence-corrected chi connectivity index (χ0v) is 14.3. The molecule has 1 aliphatic rings. The summed E-state index contributed by atoms with van der Waals surface area (Å²) in [5.74, 6) is 0.875. The highest BCUT2D eigenvalue weighted by Crippen LogP contribution is 2.48. The normalized spacial score (nSPS) is 19.0. The number of rotatable bonds is 3. The molecule has 3 heteroatoms. The van der Waals surface area contributed by atoms with Crippen molar-refractivity contribution >= 4 is 11.5 Å². The largest absolute Gasteiger partial charge is 0.497 e. The third kappa shape index (κ3) is 2.09. The van der Waals surface area contributed by atoms with Crippen molar-refractivity contribution in [1.29, 1.82) is 0 Å². The van der Waals surface area contributed by atoms with E-state index in [0.29, 0.717) is 0 Å². The molecule has 0 aliphatic carbocycles. The number of para-hydroxylation sites is 1. The molecular weight excluding hydrogens is 310 g/mol. The van der Waals surface area contributed by atoms with Gasteiger partial charge in [-0.05, 0) is 35.4 Å². The summed E-state index contributed by atoms with van der Waals surface area (Å²) in [5.41, 5.74) is 2.74. The van der Waals surface area contributed by atoms with Crippen molar-refractivity contribution in [2.24, 2.45) is 0 Å². The van der Waals surface area contributed by atoms with E-state index >= 15 is 0 Å². The molecular formula is C22H19NO2. The van der Waals surface area contributed by atoms with Gasteiger partial charge in [0, 0.05) is 18.3 Å². The second kappa shape index (κ2) is 5.78. The first-order valence-electron chi connectivity index (χ1n) is 8.27. The first-order valence-corrected chi connectivity index (χ1v) is 8.27. The summed E-state index contributed by atoms with van der Waals surface area (Å²) in [6, 6.07) is 25.5. The Bertz CT molecular complexity index is 918. The van der Waals surface area contributed by atoms with Gasteiger partial charge in [-0.2, -0.15) is 0 Å². The molecule has 1 atom stereocenters. The number of Topliss-reactive ketones (excluding diaryl/α,β-unsaturated/α-hetero) is 1. The van der Waals surface area contributed by atoms with Gasteiger partial charge >= 0.3 is 0 Å². The average molecular weight is 329 g/mol. The van der Waals surface area contributed by atoms with Gasteiger partial charge in [0.05, 0.1) is 7.11 Å². The Kier molecular flexibility index (Phi) is 3.57. The highest BCUT2D eigenvalue weighted by Gasteiger charge is 2.52. The molecule has 0 amide bonds. The molecule has 4 rings (SSSR count). The Labute approximate surface area is 147 Å². The summed E-state index contributed by atoms with van der Waals surface area (Å²) < 4.78 is 5.29. The van der Waals surface area contributed by atoms with Crippen molar-refractivity contribution in [1.82, 2.24) is 0 Å². The van der Waals surface area contributed by atoms with Crippen molar-refractivity contribution in [2.75, 3.05) is 19.1 Å². The van der Waals surface area contributed by atoms with Crippen LogP contribution in [-0.2, 0) is 5.54 Å². The van der Waals surface area contributed by atoms with Gasteiger partial charge in [-0.15, -0.1) is 0 Å². The molecule has 3 nitrogen and oxygen atoms in total. The quantitative estimate of drug-likeness (QED) is 0.718. The topological polar surface area (TPSA) is 29.5 Å². The predicted molar refractivity (Wildman–Crippen MR) is 99.4 cm³/mol. The Morgan fingerprint density at radius 3 is 2.04 bits per heavy atom. The fraction of sp³-hybridized carbons (Fsp3) is 0.136. The molecule has 0 spiro atoms. The molecule has 25 heavy (non-hydrogen) atoms. The molecule has 1 aliphatic heterocycles. The maximum Gasteiger partial charge on any atom is 0.199 e. The zero-order valence-electron chi connectivity index (χ0n) is 14.3. The average Bonchev–Trinajstić information content (AvgIpc) is 2.91. The first kappa shape index (κ1) is 15.5. The lowest BCUT2D eigenvalue weighted by atomic mass is 9.79. The highest BCUT2D eigenvalue weighted by atomic mass is 16.5. The summed E-state index contributed by atoms with van der Waals surface area (Å²) in [7, 11) is 3.63. The van der Waals surface area contributed by atoms with Crippen LogP contribution in [0.3, 0.4) is 0 Å². The number of ether oxygens (including phenoxy) is 1. The number of carbonyl (C=O) groups excluding carboxylic acids is 1. The van der Waals surface area contributed by atoms with Crippen molar-refractivity contribution in [3.63, 3.8) is 0 Å². The zero-order chi connectivity index (χ0) is 17.4. The van der Waals surface area contributed by atoms with Crippen molar-refractivity contribution < 1.29 is 9.53 Å². The molecule has 0 saturated heterocycles. The van der Waals surface area contributed by atoms with Crippen LogP contribution >= 0.6 is 0 Å². The van der Waals surface area contributed by atoms with Crippen LogP contribution in [-0.4, -0.2) is 19.9 Å². The number of anilines is 1. The van der Waals surface area contributed by atoms with E-state index in [4.69, 9.17) is 4.74 Å². The minimum atomic E-state index is -0.864. The Morgan fingerprint density at radius 1 is 0.800 bits per heavy atom. The maximum absolute atomic E-state index is 13.6. The number of benzene rings is 3. The molecule has 1 unspecified atom stereocenters. The number of nitrogens with zero attached hydrogens (tertiary/aromatic N) is 1. The summed E-state index contributed by atoms with van der Waals surface area (Å²) in [6.07, 6.45) is 0. The van der Waals surface area contributed by atoms with Crippen LogP contribution in [0, 0.1) is 0 Å². The van der Waals surface area contributed by atoms with Crippen LogP contribution in [0.2, 0.25) is 0 Å². The Morgan fingerprint density at radius 2 is 1.40 bits per heavy atom. The number of hydrogen-bond donors (Lipinski definition) is 0. The second-order valence-electron chi connectivity index (χ2n) is 6.21. The number of carbonyl (C=O) groups is 1. The molecule has 124 valence electrons. The first-order chi connectivity index (χ1) is 12.2. The molecule has 3 aromatic rings. The van der Waals surface area contributed by atoms with Gasteiger partial charge in [0.15, 0.2) is 11.3 Å². The molecule has 0 N–H and O–H groups in total. The van der Waals surface area contributed by atoms with Crippen LogP contribution in [0.4, 0.5) is 5.69 Å². The predicted octanol–water partition coefficient (Wildman–Crippen LogP) is 4.27. The number of hydrogen-bond acceptors (Lipinski definition) is 3. The van der Waals surface area contributed by atoms with Crippen LogP contribution in [0.25, 0.3) is 0 Å². The van der Waals surface area contributed by atoms with E-state index in [0.717, 1.165) is 28.1 Å². The number of ketones is 1.